The summed E-state index contributed by atoms with van der Waals surface area (Å²) >= 11 is 0. The van der Waals surface area contributed by atoms with Crippen LogP contribution in [-0.4, -0.2) is 36.9 Å². The smallest absolute Gasteiger partial charge is 0.269 e. The first-order valence-electron chi connectivity index (χ1n) is 9.33. The topological polar surface area (TPSA) is 100 Å². The maximum atomic E-state index is 12.7. The van der Waals surface area contributed by atoms with Gasteiger partial charge in [-0.25, -0.2) is 5.01 Å². The van der Waals surface area contributed by atoms with Gasteiger partial charge in [-0.1, -0.05) is 20.4 Å². The summed E-state index contributed by atoms with van der Waals surface area (Å²) in [7, 11) is 0. The van der Waals surface area contributed by atoms with Crippen LogP contribution in [0.3, 0.4) is 0 Å². The van der Waals surface area contributed by atoms with Gasteiger partial charge in [0.05, 0.1) is 29.3 Å². The highest BCUT2D eigenvalue weighted by Crippen LogP contribution is 2.28. The van der Waals surface area contributed by atoms with E-state index < -0.39 is 0 Å². The van der Waals surface area contributed by atoms with Crippen molar-refractivity contribution in [1.82, 2.24) is 24.8 Å². The number of aryl methyl sites for hydroxylation is 2. The summed E-state index contributed by atoms with van der Waals surface area (Å²) in [4.78, 5) is 21.3. The van der Waals surface area contributed by atoms with Gasteiger partial charge in [0.25, 0.3) is 5.91 Å². The molecule has 0 aliphatic carbocycles. The number of nitrogens with zero attached hydrogens (tertiary/aromatic N) is 7. The van der Waals surface area contributed by atoms with Gasteiger partial charge in [-0.15, -0.1) is 0 Å². The van der Waals surface area contributed by atoms with Crippen molar-refractivity contribution in [1.29, 1.82) is 5.26 Å². The minimum Gasteiger partial charge on any atom is -0.271 e. The molecular formula is C20H25N7O. The average molecular weight is 379 g/mol. The van der Waals surface area contributed by atoms with E-state index in [2.05, 4.69) is 26.7 Å². The van der Waals surface area contributed by atoms with Gasteiger partial charge in [-0.3, -0.25) is 19.4 Å². The van der Waals surface area contributed by atoms with Gasteiger partial charge in [0, 0.05) is 37.1 Å². The lowest BCUT2D eigenvalue weighted by molar-refractivity contribution is -0.129. The number of carbonyl (C=O) groups is 1. The normalized spacial score (nSPS) is 14.9. The molecular weight excluding hydrogens is 354 g/mol. The van der Waals surface area contributed by atoms with Gasteiger partial charge in [0.2, 0.25) is 0 Å². The number of aromatic nitrogens is 4. The Morgan fingerprint density at radius 3 is 2.82 bits per heavy atom. The monoisotopic (exact) mass is 379 g/mol. The Labute approximate surface area is 165 Å². The van der Waals surface area contributed by atoms with Crippen molar-refractivity contribution < 1.29 is 4.79 Å². The zero-order valence-corrected chi connectivity index (χ0v) is 16.5. The predicted molar refractivity (Wildman–Crippen MR) is 106 cm³/mol. The van der Waals surface area contributed by atoms with Crippen molar-refractivity contribution in [2.45, 2.75) is 52.6 Å². The molecule has 0 aromatic carbocycles. The Hall–Kier alpha value is -3.34. The fourth-order valence-electron chi connectivity index (χ4n) is 2.77. The third-order valence-corrected chi connectivity index (χ3v) is 4.08. The lowest BCUT2D eigenvalue weighted by Crippen LogP contribution is -2.29. The van der Waals surface area contributed by atoms with Gasteiger partial charge >= 0.3 is 0 Å². The second kappa shape index (κ2) is 10.1. The molecule has 146 valence electrons. The number of hydrazone groups is 1. The van der Waals surface area contributed by atoms with E-state index in [0.29, 0.717) is 36.9 Å². The van der Waals surface area contributed by atoms with Gasteiger partial charge in [0.15, 0.2) is 0 Å². The second-order valence-electron chi connectivity index (χ2n) is 6.10. The zero-order chi connectivity index (χ0) is 20.5. The molecule has 2 aromatic rings. The van der Waals surface area contributed by atoms with E-state index in [1.54, 1.807) is 29.5 Å². The number of amides is 1. The molecule has 0 fully saturated rings. The van der Waals surface area contributed by atoms with Crippen LogP contribution in [0.5, 0.6) is 0 Å². The molecule has 1 amide bonds. The van der Waals surface area contributed by atoms with Crippen LogP contribution in [0.25, 0.3) is 0 Å². The molecule has 0 N–H and O–H groups in total. The first-order valence-corrected chi connectivity index (χ1v) is 9.33. The van der Waals surface area contributed by atoms with Gasteiger partial charge < -0.3 is 0 Å². The second-order valence-corrected chi connectivity index (χ2v) is 6.10. The van der Waals surface area contributed by atoms with E-state index in [4.69, 9.17) is 5.26 Å². The molecule has 3 rings (SSSR count). The van der Waals surface area contributed by atoms with Crippen molar-refractivity contribution in [2.24, 2.45) is 5.10 Å². The Morgan fingerprint density at radius 1 is 1.36 bits per heavy atom. The quantitative estimate of drug-likeness (QED) is 0.718. The fraction of sp³-hybridized carbons (Fsp3) is 0.400. The number of hydrogen-bond acceptors (Lipinski definition) is 6. The van der Waals surface area contributed by atoms with Crippen molar-refractivity contribution in [2.75, 3.05) is 0 Å². The van der Waals surface area contributed by atoms with Crippen LogP contribution >= 0.6 is 0 Å². The van der Waals surface area contributed by atoms with Crippen molar-refractivity contribution in [3.8, 4) is 6.07 Å². The first kappa shape index (κ1) is 21.0. The third kappa shape index (κ3) is 5.10. The van der Waals surface area contributed by atoms with Crippen molar-refractivity contribution >= 4 is 12.1 Å². The molecule has 28 heavy (non-hydrogen) atoms. The minimum atomic E-state index is -0.240. The van der Waals surface area contributed by atoms with E-state index >= 15 is 0 Å². The number of carbonyl (C=O) groups excluding carboxylic acids is 1. The van der Waals surface area contributed by atoms with Crippen LogP contribution in [0.1, 0.15) is 56.1 Å². The lowest BCUT2D eigenvalue weighted by Gasteiger charge is -2.22. The fourth-order valence-corrected chi connectivity index (χ4v) is 2.77. The molecule has 8 nitrogen and oxygen atoms in total. The number of rotatable bonds is 6. The molecule has 1 aliphatic heterocycles. The number of hydrogen-bond donors (Lipinski definition) is 0. The van der Waals surface area contributed by atoms with E-state index in [-0.39, 0.29) is 11.9 Å². The number of nitriles is 1. The zero-order valence-electron chi connectivity index (χ0n) is 16.5. The largest absolute Gasteiger partial charge is 0.271 e. The minimum absolute atomic E-state index is 0.203. The van der Waals surface area contributed by atoms with Gasteiger partial charge in [-0.2, -0.15) is 15.5 Å². The van der Waals surface area contributed by atoms with Crippen molar-refractivity contribution in [3.05, 3.63) is 53.9 Å². The summed E-state index contributed by atoms with van der Waals surface area (Å²) < 4.78 is 1.69. The van der Waals surface area contributed by atoms with Crippen LogP contribution in [0, 0.1) is 18.3 Å². The summed E-state index contributed by atoms with van der Waals surface area (Å²) in [5, 5.41) is 18.5. The molecule has 0 spiro atoms. The lowest BCUT2D eigenvalue weighted by atomic mass is 10.1. The average Bonchev–Trinajstić information content (AvgIpc) is 3.38. The highest BCUT2D eigenvalue weighted by molar-refractivity contribution is 5.94. The Balaban J connectivity index is 0.00000136. The molecule has 0 bridgehead atoms. The molecule has 0 saturated carbocycles. The maximum absolute atomic E-state index is 12.7. The van der Waals surface area contributed by atoms with E-state index in [0.717, 1.165) is 11.4 Å². The Morgan fingerprint density at radius 2 is 2.14 bits per heavy atom. The maximum Gasteiger partial charge on any atom is 0.269 e. The predicted octanol–water partition coefficient (Wildman–Crippen LogP) is 3.18. The highest BCUT2D eigenvalue weighted by atomic mass is 16.2. The van der Waals surface area contributed by atoms with Gasteiger partial charge in [-0.05, 0) is 19.8 Å². The van der Waals surface area contributed by atoms with Gasteiger partial charge in [0.1, 0.15) is 12.1 Å². The molecule has 0 saturated heterocycles. The third-order valence-electron chi connectivity index (χ3n) is 4.08. The summed E-state index contributed by atoms with van der Waals surface area (Å²) in [5.41, 5.74) is 2.54. The molecule has 3 heterocycles. The first-order chi connectivity index (χ1) is 13.6. The Kier molecular flexibility index (Phi) is 7.57. The molecule has 1 aliphatic rings. The van der Waals surface area contributed by atoms with Crippen LogP contribution in [0.4, 0.5) is 0 Å². The molecule has 1 unspecified atom stereocenters. The summed E-state index contributed by atoms with van der Waals surface area (Å²) in [6.45, 7) is 10.4. The molecule has 8 heteroatoms. The van der Waals surface area contributed by atoms with Crippen molar-refractivity contribution in [3.63, 3.8) is 0 Å². The van der Waals surface area contributed by atoms with Crippen LogP contribution in [0.15, 0.2) is 42.0 Å². The highest BCUT2D eigenvalue weighted by Gasteiger charge is 2.30. The van der Waals surface area contributed by atoms with Crippen LogP contribution in [-0.2, 0) is 11.3 Å². The van der Waals surface area contributed by atoms with Crippen LogP contribution < -0.4 is 0 Å². The van der Waals surface area contributed by atoms with Crippen LogP contribution in [0.2, 0.25) is 0 Å². The Bertz CT molecular complexity index is 894. The van der Waals surface area contributed by atoms with E-state index in [1.807, 2.05) is 26.8 Å². The molecule has 0 radical (unpaired) electrons. The molecule has 1 atom stereocenters. The summed E-state index contributed by atoms with van der Waals surface area (Å²) in [6.07, 6.45) is 10.1. The standard InChI is InChI=1S/C18H19N7O.C2H6/c1-13(4-3-7-24-12-15(8-19)10-22-24)18(26)25-17(5-6-21-25)16-11-20-9-14(2)23-16;1-2/h6,9-12,17H,1,3-5,7H2,2H3;1-2H3. The summed E-state index contributed by atoms with van der Waals surface area (Å²) in [5.74, 6) is -0.203. The summed E-state index contributed by atoms with van der Waals surface area (Å²) in [6, 6.07) is 1.80. The van der Waals surface area contributed by atoms with E-state index in [1.165, 1.54) is 11.2 Å². The SMILES string of the molecule is C=C(CCCn1cc(C#N)cn1)C(=O)N1N=CCC1c1cncc(C)n1.CC. The van der Waals surface area contributed by atoms with E-state index in [9.17, 15) is 4.79 Å². The molecule has 2 aromatic heterocycles.